The van der Waals surface area contributed by atoms with E-state index in [1.165, 1.54) is 12.0 Å². The Balaban J connectivity index is 1.51. The van der Waals surface area contributed by atoms with Gasteiger partial charge in [-0.15, -0.1) is 0 Å². The Hall–Kier alpha value is -2.36. The first-order valence-corrected chi connectivity index (χ1v) is 8.33. The van der Waals surface area contributed by atoms with Crippen molar-refractivity contribution in [2.24, 2.45) is 5.92 Å². The summed E-state index contributed by atoms with van der Waals surface area (Å²) in [5.41, 5.74) is 2.29. The normalized spacial score (nSPS) is 25.6. The third-order valence-corrected chi connectivity index (χ3v) is 5.13. The second-order valence-electron chi connectivity index (χ2n) is 6.51. The van der Waals surface area contributed by atoms with Crippen molar-refractivity contribution in [3.63, 3.8) is 0 Å². The highest BCUT2D eigenvalue weighted by Crippen LogP contribution is 2.50. The second kappa shape index (κ2) is 6.03. The van der Waals surface area contributed by atoms with E-state index in [9.17, 15) is 4.79 Å². The zero-order valence-electron chi connectivity index (χ0n) is 13.1. The van der Waals surface area contributed by atoms with E-state index in [-0.39, 0.29) is 12.1 Å². The Morgan fingerprint density at radius 1 is 1.17 bits per heavy atom. The lowest BCUT2D eigenvalue weighted by Gasteiger charge is -2.35. The standard InChI is InChI=1S/C19H21N3O/c23-19(21-13-14-5-4-10-20-12-14)22-17-9-8-16(11-17)18(22)15-6-2-1-3-7-15/h1-7,10,12,16-18H,8-9,11,13H2,(H,21,23). The van der Waals surface area contributed by atoms with Crippen LogP contribution in [0.4, 0.5) is 4.79 Å². The van der Waals surface area contributed by atoms with Crippen molar-refractivity contribution in [2.75, 3.05) is 0 Å². The average molecular weight is 307 g/mol. The van der Waals surface area contributed by atoms with Gasteiger partial charge in [0.2, 0.25) is 0 Å². The van der Waals surface area contributed by atoms with Crippen LogP contribution in [0.5, 0.6) is 0 Å². The highest BCUT2D eigenvalue weighted by atomic mass is 16.2. The number of benzene rings is 1. The molecular weight excluding hydrogens is 286 g/mol. The van der Waals surface area contributed by atoms with Gasteiger partial charge < -0.3 is 10.2 Å². The third kappa shape index (κ3) is 2.69. The van der Waals surface area contributed by atoms with Gasteiger partial charge in [0.15, 0.2) is 0 Å². The molecule has 1 aliphatic carbocycles. The summed E-state index contributed by atoms with van der Waals surface area (Å²) in [6, 6.07) is 15.0. The summed E-state index contributed by atoms with van der Waals surface area (Å²) in [5.74, 6) is 0.603. The maximum absolute atomic E-state index is 12.8. The summed E-state index contributed by atoms with van der Waals surface area (Å²) >= 11 is 0. The number of piperidine rings is 1. The molecule has 23 heavy (non-hydrogen) atoms. The summed E-state index contributed by atoms with van der Waals surface area (Å²) < 4.78 is 0. The number of rotatable bonds is 3. The summed E-state index contributed by atoms with van der Waals surface area (Å²) in [6.45, 7) is 0.530. The molecule has 2 heterocycles. The molecule has 4 rings (SSSR count). The molecule has 3 atom stereocenters. The van der Waals surface area contributed by atoms with Crippen molar-refractivity contribution in [3.05, 3.63) is 66.0 Å². The Morgan fingerprint density at radius 2 is 2.04 bits per heavy atom. The summed E-state index contributed by atoms with van der Waals surface area (Å²) in [5, 5.41) is 3.07. The van der Waals surface area contributed by atoms with Crippen molar-refractivity contribution in [3.8, 4) is 0 Å². The number of hydrogen-bond donors (Lipinski definition) is 1. The van der Waals surface area contributed by atoms with Gasteiger partial charge in [-0.3, -0.25) is 4.98 Å². The van der Waals surface area contributed by atoms with Gasteiger partial charge in [-0.05, 0) is 42.4 Å². The number of hydrogen-bond acceptors (Lipinski definition) is 2. The number of urea groups is 1. The number of aromatic nitrogens is 1. The van der Waals surface area contributed by atoms with Crippen LogP contribution in [0.3, 0.4) is 0 Å². The quantitative estimate of drug-likeness (QED) is 0.943. The van der Waals surface area contributed by atoms with Gasteiger partial charge >= 0.3 is 6.03 Å². The van der Waals surface area contributed by atoms with E-state index in [1.54, 1.807) is 12.4 Å². The fraction of sp³-hybridized carbons (Fsp3) is 0.368. The number of nitrogens with zero attached hydrogens (tertiary/aromatic N) is 2. The molecule has 2 aromatic rings. The first-order valence-electron chi connectivity index (χ1n) is 8.33. The molecule has 1 N–H and O–H groups in total. The fourth-order valence-electron chi connectivity index (χ4n) is 4.13. The van der Waals surface area contributed by atoms with E-state index in [0.29, 0.717) is 18.5 Å². The van der Waals surface area contributed by atoms with Crippen molar-refractivity contribution in [2.45, 2.75) is 37.9 Å². The number of nitrogens with one attached hydrogen (secondary N) is 1. The van der Waals surface area contributed by atoms with Gasteiger partial charge in [0, 0.05) is 25.0 Å². The monoisotopic (exact) mass is 307 g/mol. The molecule has 0 radical (unpaired) electrons. The molecule has 1 saturated heterocycles. The molecule has 1 aromatic carbocycles. The van der Waals surface area contributed by atoms with Gasteiger partial charge in [0.05, 0.1) is 6.04 Å². The van der Waals surface area contributed by atoms with E-state index in [2.05, 4.69) is 39.5 Å². The number of carbonyl (C=O) groups excluding carboxylic acids is 1. The van der Waals surface area contributed by atoms with E-state index >= 15 is 0 Å². The van der Waals surface area contributed by atoms with Crippen LogP contribution in [0.15, 0.2) is 54.9 Å². The van der Waals surface area contributed by atoms with Crippen molar-refractivity contribution >= 4 is 6.03 Å². The minimum absolute atomic E-state index is 0.0508. The predicted octanol–water partition coefficient (Wildman–Crippen LogP) is 3.52. The molecule has 4 nitrogen and oxygen atoms in total. The molecule has 3 unspecified atom stereocenters. The van der Waals surface area contributed by atoms with Crippen LogP contribution in [0, 0.1) is 5.92 Å². The Kier molecular flexibility index (Phi) is 3.74. The number of fused-ring (bicyclic) bond motifs is 2. The first-order chi connectivity index (χ1) is 11.3. The molecule has 4 heteroatoms. The Bertz CT molecular complexity index is 674. The van der Waals surface area contributed by atoms with Crippen LogP contribution in [-0.2, 0) is 6.54 Å². The maximum atomic E-state index is 12.8. The van der Waals surface area contributed by atoms with Crippen molar-refractivity contribution in [1.29, 1.82) is 0 Å². The zero-order valence-corrected chi connectivity index (χ0v) is 13.1. The van der Waals surface area contributed by atoms with Crippen LogP contribution in [0.1, 0.15) is 36.4 Å². The molecule has 2 aliphatic rings. The molecule has 118 valence electrons. The molecule has 1 aromatic heterocycles. The number of carbonyl (C=O) groups is 1. The highest BCUT2D eigenvalue weighted by Gasteiger charge is 2.48. The van der Waals surface area contributed by atoms with E-state index in [1.807, 2.05) is 18.2 Å². The second-order valence-corrected chi connectivity index (χ2v) is 6.51. The fourth-order valence-corrected chi connectivity index (χ4v) is 4.13. The zero-order chi connectivity index (χ0) is 15.6. The Morgan fingerprint density at radius 3 is 2.83 bits per heavy atom. The SMILES string of the molecule is O=C(NCc1cccnc1)N1C2CCC(C2)C1c1ccccc1. The summed E-state index contributed by atoms with van der Waals surface area (Å²) in [7, 11) is 0. The van der Waals surface area contributed by atoms with Gasteiger partial charge in [0.1, 0.15) is 0 Å². The topological polar surface area (TPSA) is 45.2 Å². The van der Waals surface area contributed by atoms with Crippen LogP contribution in [-0.4, -0.2) is 22.0 Å². The van der Waals surface area contributed by atoms with Crippen LogP contribution >= 0.6 is 0 Å². The minimum Gasteiger partial charge on any atom is -0.334 e. The lowest BCUT2D eigenvalue weighted by molar-refractivity contribution is 0.145. The summed E-state index contributed by atoms with van der Waals surface area (Å²) in [6.07, 6.45) is 7.05. The molecule has 2 bridgehead atoms. The molecule has 2 fully saturated rings. The molecule has 0 spiro atoms. The number of amides is 2. The first kappa shape index (κ1) is 14.2. The largest absolute Gasteiger partial charge is 0.334 e. The van der Waals surface area contributed by atoms with Crippen LogP contribution in [0.25, 0.3) is 0 Å². The van der Waals surface area contributed by atoms with Gasteiger partial charge in [-0.25, -0.2) is 4.79 Å². The van der Waals surface area contributed by atoms with Crippen LogP contribution in [0.2, 0.25) is 0 Å². The minimum atomic E-state index is 0.0508. The van der Waals surface area contributed by atoms with E-state index in [0.717, 1.165) is 18.4 Å². The lowest BCUT2D eigenvalue weighted by atomic mass is 9.92. The predicted molar refractivity (Wildman–Crippen MR) is 88.6 cm³/mol. The van der Waals surface area contributed by atoms with Crippen LogP contribution < -0.4 is 5.32 Å². The molecule has 1 aliphatic heterocycles. The third-order valence-electron chi connectivity index (χ3n) is 5.13. The highest BCUT2D eigenvalue weighted by molar-refractivity contribution is 5.76. The summed E-state index contributed by atoms with van der Waals surface area (Å²) in [4.78, 5) is 19.0. The van der Waals surface area contributed by atoms with E-state index in [4.69, 9.17) is 0 Å². The molecule has 1 saturated carbocycles. The van der Waals surface area contributed by atoms with Crippen molar-refractivity contribution < 1.29 is 4.79 Å². The maximum Gasteiger partial charge on any atom is 0.318 e. The van der Waals surface area contributed by atoms with Gasteiger partial charge in [0.25, 0.3) is 0 Å². The van der Waals surface area contributed by atoms with Gasteiger partial charge in [-0.2, -0.15) is 0 Å². The Labute approximate surface area is 136 Å². The van der Waals surface area contributed by atoms with Gasteiger partial charge in [-0.1, -0.05) is 36.4 Å². The smallest absolute Gasteiger partial charge is 0.318 e. The number of pyridine rings is 1. The van der Waals surface area contributed by atoms with E-state index < -0.39 is 0 Å². The molecular formula is C19H21N3O. The van der Waals surface area contributed by atoms with Crippen molar-refractivity contribution in [1.82, 2.24) is 15.2 Å². The lowest BCUT2D eigenvalue weighted by Crippen LogP contribution is -2.45. The number of likely N-dealkylation sites (tertiary alicyclic amines) is 1. The molecule has 2 amide bonds. The average Bonchev–Trinajstić information content (AvgIpc) is 3.22.